The molecule has 1 aromatic heterocycles. The number of rotatable bonds is 8. The third-order valence-corrected chi connectivity index (χ3v) is 4.19. The van der Waals surface area contributed by atoms with Crippen molar-refractivity contribution in [3.8, 4) is 0 Å². The quantitative estimate of drug-likeness (QED) is 0.786. The van der Waals surface area contributed by atoms with Gasteiger partial charge in [-0.3, -0.25) is 4.90 Å². The molecule has 1 aromatic rings. The molecule has 3 nitrogen and oxygen atoms in total. The molecule has 4 heteroatoms. The fourth-order valence-electron chi connectivity index (χ4n) is 2.01. The van der Waals surface area contributed by atoms with Crippen molar-refractivity contribution in [3.05, 3.63) is 21.4 Å². The SMILES string of the molecule is CCCN(CCN(C)C)Cc1cc(CN)sc1C. The molecule has 1 heterocycles. The Hall–Kier alpha value is -0.420. The zero-order valence-electron chi connectivity index (χ0n) is 12.2. The molecule has 18 heavy (non-hydrogen) atoms. The van der Waals surface area contributed by atoms with Crippen molar-refractivity contribution >= 4 is 11.3 Å². The second kappa shape index (κ2) is 7.89. The van der Waals surface area contributed by atoms with E-state index in [0.717, 1.165) is 19.6 Å². The highest BCUT2D eigenvalue weighted by atomic mass is 32.1. The molecule has 0 saturated carbocycles. The summed E-state index contributed by atoms with van der Waals surface area (Å²) in [6.07, 6.45) is 1.21. The lowest BCUT2D eigenvalue weighted by molar-refractivity contribution is 0.234. The minimum atomic E-state index is 0.664. The largest absolute Gasteiger partial charge is 0.326 e. The van der Waals surface area contributed by atoms with Gasteiger partial charge in [-0.1, -0.05) is 6.92 Å². The normalized spacial score (nSPS) is 11.7. The van der Waals surface area contributed by atoms with Crippen LogP contribution in [0.2, 0.25) is 0 Å². The van der Waals surface area contributed by atoms with Gasteiger partial charge >= 0.3 is 0 Å². The van der Waals surface area contributed by atoms with Crippen LogP contribution in [0.5, 0.6) is 0 Å². The molecule has 0 radical (unpaired) electrons. The maximum Gasteiger partial charge on any atom is 0.0274 e. The van der Waals surface area contributed by atoms with Gasteiger partial charge in [0.1, 0.15) is 0 Å². The van der Waals surface area contributed by atoms with Crippen LogP contribution in [0.25, 0.3) is 0 Å². The molecule has 2 N–H and O–H groups in total. The lowest BCUT2D eigenvalue weighted by Crippen LogP contribution is -2.32. The molecule has 0 bridgehead atoms. The van der Waals surface area contributed by atoms with Crippen LogP contribution in [0.3, 0.4) is 0 Å². The van der Waals surface area contributed by atoms with Gasteiger partial charge in [-0.25, -0.2) is 0 Å². The lowest BCUT2D eigenvalue weighted by atomic mass is 10.2. The molecule has 0 unspecified atom stereocenters. The van der Waals surface area contributed by atoms with Crippen molar-refractivity contribution in [1.29, 1.82) is 0 Å². The second-order valence-corrected chi connectivity index (χ2v) is 6.42. The molecule has 0 aliphatic carbocycles. The summed E-state index contributed by atoms with van der Waals surface area (Å²) in [5.74, 6) is 0. The van der Waals surface area contributed by atoms with Gasteiger partial charge in [0.2, 0.25) is 0 Å². The Labute approximate surface area is 116 Å². The number of thiophene rings is 1. The number of nitrogens with zero attached hydrogens (tertiary/aromatic N) is 2. The lowest BCUT2D eigenvalue weighted by Gasteiger charge is -2.23. The van der Waals surface area contributed by atoms with Crippen molar-refractivity contribution in [3.63, 3.8) is 0 Å². The van der Waals surface area contributed by atoms with E-state index < -0.39 is 0 Å². The number of hydrogen-bond donors (Lipinski definition) is 1. The molecular weight excluding hydrogens is 242 g/mol. The average molecular weight is 269 g/mol. The van der Waals surface area contributed by atoms with E-state index in [9.17, 15) is 0 Å². The van der Waals surface area contributed by atoms with E-state index in [1.165, 1.54) is 28.3 Å². The van der Waals surface area contributed by atoms with Crippen LogP contribution in [-0.4, -0.2) is 43.5 Å². The summed E-state index contributed by atoms with van der Waals surface area (Å²) < 4.78 is 0. The average Bonchev–Trinajstić information content (AvgIpc) is 2.67. The first kappa shape index (κ1) is 15.6. The first-order chi connectivity index (χ1) is 8.56. The van der Waals surface area contributed by atoms with Gasteiger partial charge in [-0.05, 0) is 45.6 Å². The predicted molar refractivity (Wildman–Crippen MR) is 81.1 cm³/mol. The minimum Gasteiger partial charge on any atom is -0.326 e. The first-order valence-electron chi connectivity index (χ1n) is 6.72. The molecule has 0 fully saturated rings. The van der Waals surface area contributed by atoms with E-state index in [1.807, 2.05) is 11.3 Å². The van der Waals surface area contributed by atoms with Crippen LogP contribution in [0, 0.1) is 6.92 Å². The molecule has 0 aliphatic rings. The monoisotopic (exact) mass is 269 g/mol. The Bertz CT molecular complexity index is 347. The van der Waals surface area contributed by atoms with Gasteiger partial charge in [0.25, 0.3) is 0 Å². The van der Waals surface area contributed by atoms with E-state index in [1.54, 1.807) is 0 Å². The summed E-state index contributed by atoms with van der Waals surface area (Å²) in [5.41, 5.74) is 7.16. The Kier molecular flexibility index (Phi) is 6.86. The van der Waals surface area contributed by atoms with E-state index in [-0.39, 0.29) is 0 Å². The van der Waals surface area contributed by atoms with Gasteiger partial charge < -0.3 is 10.6 Å². The summed E-state index contributed by atoms with van der Waals surface area (Å²) in [7, 11) is 4.26. The van der Waals surface area contributed by atoms with Crippen LogP contribution >= 0.6 is 11.3 Å². The van der Waals surface area contributed by atoms with Gasteiger partial charge in [0, 0.05) is 35.9 Å². The van der Waals surface area contributed by atoms with Gasteiger partial charge in [-0.2, -0.15) is 0 Å². The molecule has 0 aliphatic heterocycles. The molecule has 1 rings (SSSR count). The van der Waals surface area contributed by atoms with Gasteiger partial charge in [0.05, 0.1) is 0 Å². The summed E-state index contributed by atoms with van der Waals surface area (Å²) in [4.78, 5) is 7.50. The number of aryl methyl sites for hydroxylation is 1. The van der Waals surface area contributed by atoms with Crippen molar-refractivity contribution in [2.24, 2.45) is 5.73 Å². The van der Waals surface area contributed by atoms with E-state index in [4.69, 9.17) is 5.73 Å². The molecule has 0 atom stereocenters. The second-order valence-electron chi connectivity index (χ2n) is 5.08. The molecular formula is C14H27N3S. The first-order valence-corrected chi connectivity index (χ1v) is 7.53. The summed E-state index contributed by atoms with van der Waals surface area (Å²) in [5, 5.41) is 0. The molecule has 104 valence electrons. The standard InChI is InChI=1S/C14H27N3S/c1-5-6-17(8-7-16(3)4)11-13-9-14(10-15)18-12(13)2/h9H,5-8,10-11,15H2,1-4H3. The topological polar surface area (TPSA) is 32.5 Å². The van der Waals surface area contributed by atoms with Crippen molar-refractivity contribution < 1.29 is 0 Å². The third kappa shape index (κ3) is 5.06. The smallest absolute Gasteiger partial charge is 0.0274 e. The predicted octanol–water partition coefficient (Wildman–Crippen LogP) is 2.29. The maximum absolute atomic E-state index is 5.71. The Morgan fingerprint density at radius 3 is 2.44 bits per heavy atom. The van der Waals surface area contributed by atoms with Crippen LogP contribution in [-0.2, 0) is 13.1 Å². The highest BCUT2D eigenvalue weighted by molar-refractivity contribution is 7.12. The third-order valence-electron chi connectivity index (χ3n) is 3.07. The molecule has 0 amide bonds. The van der Waals surface area contributed by atoms with Crippen molar-refractivity contribution in [2.75, 3.05) is 33.7 Å². The fourth-order valence-corrected chi connectivity index (χ4v) is 2.95. The molecule has 0 aromatic carbocycles. The summed E-state index contributed by atoms with van der Waals surface area (Å²) in [6.45, 7) is 9.59. The zero-order chi connectivity index (χ0) is 13.5. The van der Waals surface area contributed by atoms with E-state index in [0.29, 0.717) is 6.54 Å². The van der Waals surface area contributed by atoms with Crippen LogP contribution in [0.15, 0.2) is 6.07 Å². The maximum atomic E-state index is 5.71. The minimum absolute atomic E-state index is 0.664. The Balaban J connectivity index is 2.60. The number of likely N-dealkylation sites (N-methyl/N-ethyl adjacent to an activating group) is 1. The van der Waals surface area contributed by atoms with Crippen molar-refractivity contribution in [2.45, 2.75) is 33.4 Å². The Morgan fingerprint density at radius 2 is 1.94 bits per heavy atom. The van der Waals surface area contributed by atoms with Crippen molar-refractivity contribution in [1.82, 2.24) is 9.80 Å². The highest BCUT2D eigenvalue weighted by Gasteiger charge is 2.10. The Morgan fingerprint density at radius 1 is 1.22 bits per heavy atom. The molecule has 0 saturated heterocycles. The van der Waals surface area contributed by atoms with Crippen LogP contribution in [0.1, 0.15) is 28.7 Å². The number of nitrogens with two attached hydrogens (primary N) is 1. The van der Waals surface area contributed by atoms with E-state index >= 15 is 0 Å². The van der Waals surface area contributed by atoms with Gasteiger partial charge in [-0.15, -0.1) is 11.3 Å². The van der Waals surface area contributed by atoms with Gasteiger partial charge in [0.15, 0.2) is 0 Å². The summed E-state index contributed by atoms with van der Waals surface area (Å²) in [6, 6.07) is 2.28. The fraction of sp³-hybridized carbons (Fsp3) is 0.714. The number of hydrogen-bond acceptors (Lipinski definition) is 4. The molecule has 0 spiro atoms. The summed E-state index contributed by atoms with van der Waals surface area (Å²) >= 11 is 1.84. The van der Waals surface area contributed by atoms with Crippen LogP contribution < -0.4 is 5.73 Å². The highest BCUT2D eigenvalue weighted by Crippen LogP contribution is 2.22. The zero-order valence-corrected chi connectivity index (χ0v) is 13.0. The van der Waals surface area contributed by atoms with E-state index in [2.05, 4.69) is 43.8 Å². The van der Waals surface area contributed by atoms with Crippen LogP contribution in [0.4, 0.5) is 0 Å².